The molecule has 1 unspecified atom stereocenters. The van der Waals surface area contributed by atoms with Crippen LogP contribution in [0.4, 0.5) is 24.8 Å². The summed E-state index contributed by atoms with van der Waals surface area (Å²) >= 11 is 0. The lowest BCUT2D eigenvalue weighted by Crippen LogP contribution is -2.30. The number of anilines is 2. The minimum absolute atomic E-state index is 0.0179. The molecule has 1 aromatic carbocycles. The summed E-state index contributed by atoms with van der Waals surface area (Å²) in [4.78, 5) is 38.0. The number of carbonyl (C=O) groups is 2. The Morgan fingerprint density at radius 2 is 1.80 bits per heavy atom. The van der Waals surface area contributed by atoms with Gasteiger partial charge in [-0.3, -0.25) is 9.59 Å². The van der Waals surface area contributed by atoms with Gasteiger partial charge in [-0.25, -0.2) is 32.8 Å². The van der Waals surface area contributed by atoms with Crippen molar-refractivity contribution < 1.29 is 22.8 Å². The Morgan fingerprint density at radius 1 is 1.09 bits per heavy atom. The van der Waals surface area contributed by atoms with Crippen molar-refractivity contribution in [1.82, 2.24) is 24.7 Å². The van der Waals surface area contributed by atoms with Gasteiger partial charge in [-0.1, -0.05) is 6.07 Å². The zero-order valence-electron chi connectivity index (χ0n) is 18.2. The van der Waals surface area contributed by atoms with Crippen LogP contribution in [0.1, 0.15) is 30.9 Å². The molecule has 12 heteroatoms. The summed E-state index contributed by atoms with van der Waals surface area (Å²) in [6.07, 6.45) is 1.37. The Bertz CT molecular complexity index is 1570. The average molecular weight is 479 g/mol. The molecule has 6 rings (SSSR count). The monoisotopic (exact) mass is 479 g/mol. The number of aromatic nitrogens is 5. The molecule has 0 bridgehead atoms. The molecule has 2 amide bonds. The first-order valence-corrected chi connectivity index (χ1v) is 10.7. The summed E-state index contributed by atoms with van der Waals surface area (Å²) in [5.41, 5.74) is -0.536. The quantitative estimate of drug-likeness (QED) is 0.466. The molecule has 9 nitrogen and oxygen atoms in total. The van der Waals surface area contributed by atoms with Crippen LogP contribution < -0.4 is 10.6 Å². The summed E-state index contributed by atoms with van der Waals surface area (Å²) < 4.78 is 44.0. The molecule has 4 aromatic rings. The first kappa shape index (κ1) is 21.2. The normalized spacial score (nSPS) is 18.9. The highest BCUT2D eigenvalue weighted by Crippen LogP contribution is 2.46. The smallest absolute Gasteiger partial charge is 0.236 e. The second-order valence-electron chi connectivity index (χ2n) is 8.69. The maximum atomic E-state index is 14.3. The van der Waals surface area contributed by atoms with E-state index in [2.05, 4.69) is 30.7 Å². The lowest BCUT2D eigenvalue weighted by Gasteiger charge is -2.19. The van der Waals surface area contributed by atoms with Gasteiger partial charge in [0.05, 0.1) is 29.1 Å². The lowest BCUT2D eigenvalue weighted by molar-refractivity contribution is -0.121. The lowest BCUT2D eigenvalue weighted by atomic mass is 9.81. The predicted octanol–water partition coefficient (Wildman–Crippen LogP) is 3.30. The third kappa shape index (κ3) is 3.16. The predicted molar refractivity (Wildman–Crippen MR) is 118 cm³/mol. The number of rotatable bonds is 3. The van der Waals surface area contributed by atoms with Crippen LogP contribution in [-0.4, -0.2) is 36.5 Å². The number of pyridine rings is 1. The van der Waals surface area contributed by atoms with Crippen molar-refractivity contribution in [2.45, 2.75) is 31.7 Å². The highest BCUT2D eigenvalue weighted by molar-refractivity contribution is 6.09. The molecule has 3 aromatic heterocycles. The standard InChI is InChI=1S/C23H16F3N7O2/c1-23-6-5-15(34)28-18-16(23)19(31-22(23)35)30-20(29-18)17-11-7-10(24)8-27-21(11)33(32-17)9-12-13(25)3-2-4-14(12)26/h2-4,7-8H,5-6,9H2,1H3,(H2,28,29,30,31,34,35). The minimum Gasteiger partial charge on any atom is -0.310 e. The second-order valence-corrected chi connectivity index (χ2v) is 8.69. The van der Waals surface area contributed by atoms with Crippen molar-refractivity contribution >= 4 is 34.5 Å². The molecule has 2 N–H and O–H groups in total. The highest BCUT2D eigenvalue weighted by atomic mass is 19.1. The number of carbonyl (C=O) groups excluding carboxylic acids is 2. The Labute approximate surface area is 195 Å². The van der Waals surface area contributed by atoms with Gasteiger partial charge in [0.15, 0.2) is 11.5 Å². The van der Waals surface area contributed by atoms with Crippen molar-refractivity contribution in [1.29, 1.82) is 0 Å². The van der Waals surface area contributed by atoms with Gasteiger partial charge in [0, 0.05) is 12.0 Å². The maximum Gasteiger partial charge on any atom is 0.236 e. The number of amides is 2. The van der Waals surface area contributed by atoms with Crippen LogP contribution in [0.25, 0.3) is 22.6 Å². The fourth-order valence-electron chi connectivity index (χ4n) is 4.57. The van der Waals surface area contributed by atoms with Gasteiger partial charge in [-0.15, -0.1) is 0 Å². The van der Waals surface area contributed by atoms with Crippen LogP contribution in [0.15, 0.2) is 30.5 Å². The van der Waals surface area contributed by atoms with Crippen molar-refractivity contribution in [2.24, 2.45) is 0 Å². The fraction of sp³-hybridized carbons (Fsp3) is 0.217. The van der Waals surface area contributed by atoms with E-state index in [1.807, 2.05) is 0 Å². The first-order valence-electron chi connectivity index (χ1n) is 10.7. The van der Waals surface area contributed by atoms with E-state index in [0.29, 0.717) is 5.56 Å². The van der Waals surface area contributed by atoms with Gasteiger partial charge in [0.1, 0.15) is 34.8 Å². The van der Waals surface area contributed by atoms with Crippen LogP contribution in [-0.2, 0) is 21.5 Å². The number of nitrogens with zero attached hydrogens (tertiary/aromatic N) is 5. The van der Waals surface area contributed by atoms with Gasteiger partial charge >= 0.3 is 0 Å². The molecule has 0 spiro atoms. The summed E-state index contributed by atoms with van der Waals surface area (Å²) in [6, 6.07) is 4.65. The van der Waals surface area contributed by atoms with Crippen molar-refractivity contribution in [2.75, 3.05) is 10.6 Å². The Morgan fingerprint density at radius 3 is 2.54 bits per heavy atom. The SMILES string of the molecule is CC12CCC(=O)Nc3nc(-c4nn(Cc5c(F)cccc5F)c5ncc(F)cc45)nc(c31)NC2=O. The van der Waals surface area contributed by atoms with Crippen LogP contribution in [0.5, 0.6) is 0 Å². The van der Waals surface area contributed by atoms with E-state index in [1.165, 1.54) is 10.7 Å². The zero-order valence-corrected chi connectivity index (χ0v) is 18.2. The Kier molecular flexibility index (Phi) is 4.44. The highest BCUT2D eigenvalue weighted by Gasteiger charge is 2.48. The largest absolute Gasteiger partial charge is 0.310 e. The molecule has 0 saturated heterocycles. The van der Waals surface area contributed by atoms with Gasteiger partial charge in [-0.05, 0) is 31.5 Å². The summed E-state index contributed by atoms with van der Waals surface area (Å²) in [7, 11) is 0. The third-order valence-corrected chi connectivity index (χ3v) is 6.44. The van der Waals surface area contributed by atoms with Crippen LogP contribution in [0, 0.1) is 17.5 Å². The van der Waals surface area contributed by atoms with Gasteiger partial charge in [0.2, 0.25) is 11.8 Å². The molecule has 2 aliphatic rings. The molecule has 1 atom stereocenters. The molecule has 0 radical (unpaired) electrons. The fourth-order valence-corrected chi connectivity index (χ4v) is 4.57. The van der Waals surface area contributed by atoms with E-state index in [-0.39, 0.29) is 71.0 Å². The second kappa shape index (κ2) is 7.32. The third-order valence-electron chi connectivity index (χ3n) is 6.44. The molecule has 2 aliphatic heterocycles. The number of halogens is 3. The van der Waals surface area contributed by atoms with E-state index in [0.717, 1.165) is 24.4 Å². The number of nitrogens with one attached hydrogen (secondary N) is 2. The Balaban J connectivity index is 1.55. The topological polar surface area (TPSA) is 115 Å². The average Bonchev–Trinajstić information content (AvgIpc) is 3.24. The molecule has 0 aliphatic carbocycles. The van der Waals surface area contributed by atoms with E-state index in [4.69, 9.17) is 0 Å². The summed E-state index contributed by atoms with van der Waals surface area (Å²) in [5.74, 6) is -2.46. The molecule has 176 valence electrons. The number of hydrogen-bond donors (Lipinski definition) is 2. The van der Waals surface area contributed by atoms with Crippen LogP contribution >= 0.6 is 0 Å². The molecular weight excluding hydrogens is 463 g/mol. The van der Waals surface area contributed by atoms with Crippen molar-refractivity contribution in [3.8, 4) is 11.5 Å². The van der Waals surface area contributed by atoms with Crippen LogP contribution in [0.2, 0.25) is 0 Å². The van der Waals surface area contributed by atoms with E-state index >= 15 is 0 Å². The van der Waals surface area contributed by atoms with E-state index in [1.54, 1.807) is 6.92 Å². The van der Waals surface area contributed by atoms with Gasteiger partial charge < -0.3 is 10.6 Å². The minimum atomic E-state index is -0.986. The maximum absolute atomic E-state index is 14.3. The molecule has 5 heterocycles. The summed E-state index contributed by atoms with van der Waals surface area (Å²) in [6.45, 7) is 1.39. The Hall–Kier alpha value is -4.35. The molecule has 0 fully saturated rings. The van der Waals surface area contributed by atoms with Gasteiger partial charge in [0.25, 0.3) is 0 Å². The first-order chi connectivity index (χ1) is 16.7. The number of fused-ring (bicyclic) bond motifs is 1. The zero-order chi connectivity index (χ0) is 24.5. The molecule has 0 saturated carbocycles. The van der Waals surface area contributed by atoms with E-state index in [9.17, 15) is 22.8 Å². The van der Waals surface area contributed by atoms with Crippen molar-refractivity contribution in [3.05, 3.63) is 59.0 Å². The number of benzene rings is 1. The van der Waals surface area contributed by atoms with E-state index < -0.39 is 22.9 Å². The van der Waals surface area contributed by atoms with Gasteiger partial charge in [-0.2, -0.15) is 5.10 Å². The summed E-state index contributed by atoms with van der Waals surface area (Å²) in [5, 5.41) is 10.0. The number of hydrogen-bond acceptors (Lipinski definition) is 6. The van der Waals surface area contributed by atoms with Crippen LogP contribution in [0.3, 0.4) is 0 Å². The molecular formula is C23H16F3N7O2. The molecule has 35 heavy (non-hydrogen) atoms. The van der Waals surface area contributed by atoms with Crippen molar-refractivity contribution in [3.63, 3.8) is 0 Å².